The van der Waals surface area contributed by atoms with Crippen molar-refractivity contribution in [2.45, 2.75) is 82.6 Å². The minimum atomic E-state index is 0.167. The Labute approximate surface area is 194 Å². The van der Waals surface area contributed by atoms with Gasteiger partial charge in [-0.3, -0.25) is 0 Å². The zero-order valence-corrected chi connectivity index (χ0v) is 22.3. The van der Waals surface area contributed by atoms with Crippen molar-refractivity contribution in [3.05, 3.63) is 85.2 Å². The van der Waals surface area contributed by atoms with Gasteiger partial charge in [0, 0.05) is 0 Å². The van der Waals surface area contributed by atoms with E-state index in [4.69, 9.17) is 5.11 Å². The zero-order valence-electron chi connectivity index (χ0n) is 22.3. The van der Waals surface area contributed by atoms with Crippen molar-refractivity contribution in [2.24, 2.45) is 10.8 Å². The maximum Gasteiger partial charge on any atom is 0.0820 e. The molecule has 1 nitrogen and oxygen atoms in total. The first-order valence-corrected chi connectivity index (χ1v) is 11.3. The Morgan fingerprint density at radius 2 is 1.10 bits per heavy atom. The second-order valence-corrected chi connectivity index (χ2v) is 9.94. The topological polar surface area (TPSA) is 20.2 Å². The molecule has 0 spiro atoms. The number of hydrogen-bond donors (Lipinski definition) is 1. The summed E-state index contributed by atoms with van der Waals surface area (Å²) in [5, 5.41) is 7.86. The van der Waals surface area contributed by atoms with Crippen LogP contribution < -0.4 is 0 Å². The van der Waals surface area contributed by atoms with E-state index in [0.717, 1.165) is 6.42 Å². The Morgan fingerprint density at radius 3 is 1.39 bits per heavy atom. The van der Waals surface area contributed by atoms with Crippen LogP contribution in [0.5, 0.6) is 0 Å². The molecule has 2 aromatic rings. The molecule has 1 N–H and O–H groups in total. The molecule has 31 heavy (non-hydrogen) atoms. The average Bonchev–Trinajstić information content (AvgIpc) is 2.62. The van der Waals surface area contributed by atoms with Crippen LogP contribution in [0.25, 0.3) is 11.1 Å². The van der Waals surface area contributed by atoms with Crippen LogP contribution >= 0.6 is 0 Å². The first-order valence-electron chi connectivity index (χ1n) is 11.3. The molecule has 0 aliphatic carbocycles. The van der Waals surface area contributed by atoms with E-state index >= 15 is 0 Å². The largest absolute Gasteiger partial charge is 0.513 e. The van der Waals surface area contributed by atoms with Crippen molar-refractivity contribution in [1.82, 2.24) is 0 Å². The molecule has 2 rings (SSSR count). The molecule has 0 aliphatic rings. The van der Waals surface area contributed by atoms with E-state index in [9.17, 15) is 0 Å². The summed E-state index contributed by atoms with van der Waals surface area (Å²) in [6, 6.07) is 19.4. The number of allylic oxidation sites excluding steroid dienone is 2. The average molecular weight is 427 g/mol. The Kier molecular flexibility index (Phi) is 19.9. The van der Waals surface area contributed by atoms with Crippen molar-refractivity contribution in [3.63, 3.8) is 0 Å². The molecular weight excluding hydrogens is 376 g/mol. The molecule has 0 atom stereocenters. The lowest BCUT2D eigenvalue weighted by Crippen LogP contribution is -2.08. The van der Waals surface area contributed by atoms with Crippen LogP contribution in [0.4, 0.5) is 0 Å². The molecule has 0 heterocycles. The van der Waals surface area contributed by atoms with E-state index in [1.165, 1.54) is 23.6 Å². The van der Waals surface area contributed by atoms with Crippen molar-refractivity contribution in [1.29, 1.82) is 0 Å². The maximum atomic E-state index is 7.86. The third-order valence-electron chi connectivity index (χ3n) is 2.80. The summed E-state index contributed by atoms with van der Waals surface area (Å²) in [5.74, 6) is 0.167. The van der Waals surface area contributed by atoms with Crippen LogP contribution in [0, 0.1) is 10.8 Å². The zero-order chi connectivity index (χ0) is 25.1. The lowest BCUT2D eigenvalue weighted by Gasteiger charge is -2.18. The molecule has 1 heteroatoms. The van der Waals surface area contributed by atoms with E-state index in [-0.39, 0.29) is 5.76 Å². The molecule has 0 unspecified atom stereocenters. The Bertz CT molecular complexity index is 655. The fourth-order valence-electron chi connectivity index (χ4n) is 2.06. The predicted octanol–water partition coefficient (Wildman–Crippen LogP) is 10.3. The number of aliphatic hydroxyl groups excluding tert-OH is 1. The van der Waals surface area contributed by atoms with Crippen LogP contribution in [0.2, 0.25) is 0 Å². The summed E-state index contributed by atoms with van der Waals surface area (Å²) in [6.07, 6.45) is 2.88. The molecule has 0 saturated carbocycles. The Morgan fingerprint density at radius 1 is 0.806 bits per heavy atom. The van der Waals surface area contributed by atoms with Crippen LogP contribution in [-0.2, 0) is 6.42 Å². The molecular formula is C30H50O. The van der Waals surface area contributed by atoms with Gasteiger partial charge in [0.15, 0.2) is 0 Å². The number of aliphatic hydroxyl groups is 1. The molecule has 0 aliphatic heterocycles. The Hall–Kier alpha value is -2.28. The highest BCUT2D eigenvalue weighted by Crippen LogP contribution is 2.23. The van der Waals surface area contributed by atoms with Crippen LogP contribution in [0.15, 0.2) is 79.6 Å². The fourth-order valence-corrected chi connectivity index (χ4v) is 2.06. The van der Waals surface area contributed by atoms with Gasteiger partial charge in [-0.25, -0.2) is 0 Å². The third-order valence-corrected chi connectivity index (χ3v) is 2.80. The van der Waals surface area contributed by atoms with Crippen LogP contribution in [0.3, 0.4) is 0 Å². The predicted molar refractivity (Wildman–Crippen MR) is 145 cm³/mol. The van der Waals surface area contributed by atoms with E-state index in [1.807, 2.05) is 20.8 Å². The van der Waals surface area contributed by atoms with Gasteiger partial charge >= 0.3 is 0 Å². The van der Waals surface area contributed by atoms with Crippen molar-refractivity contribution in [2.75, 3.05) is 0 Å². The minimum Gasteiger partial charge on any atom is -0.513 e. The van der Waals surface area contributed by atoms with Crippen LogP contribution in [-0.4, -0.2) is 5.11 Å². The highest BCUT2D eigenvalue weighted by atomic mass is 16.3. The maximum absolute atomic E-state index is 7.86. The number of hydrogen-bond acceptors (Lipinski definition) is 1. The van der Waals surface area contributed by atoms with Gasteiger partial charge in [-0.1, -0.05) is 130 Å². The lowest BCUT2D eigenvalue weighted by atomic mass is 9.88. The molecule has 0 radical (unpaired) electrons. The van der Waals surface area contributed by atoms with E-state index < -0.39 is 0 Å². The molecule has 0 bridgehead atoms. The van der Waals surface area contributed by atoms with E-state index in [2.05, 4.69) is 116 Å². The van der Waals surface area contributed by atoms with Gasteiger partial charge in [-0.15, -0.1) is 6.58 Å². The third kappa shape index (κ3) is 30.0. The molecule has 2 aromatic carbocycles. The van der Waals surface area contributed by atoms with Gasteiger partial charge in [0.2, 0.25) is 0 Å². The standard InChI is InChI=1S/C17H20.C5H12.C3H6O.C3H6.C2H6/c1-17(2,3)13-14-9-11-16(12-10-14)15-7-5-4-6-8-15;1-5(2,3)4;1-3(2)4;1-3-2;1-2/h4-12H,13H2,1-3H3;1-4H3;4H,1H2,2H3;3H,1H2,2H3;1-2H3. The van der Waals surface area contributed by atoms with Crippen molar-refractivity contribution in [3.8, 4) is 11.1 Å². The van der Waals surface area contributed by atoms with Gasteiger partial charge < -0.3 is 5.11 Å². The van der Waals surface area contributed by atoms with Crippen molar-refractivity contribution < 1.29 is 5.11 Å². The van der Waals surface area contributed by atoms with Gasteiger partial charge in [0.1, 0.15) is 0 Å². The van der Waals surface area contributed by atoms with Gasteiger partial charge in [-0.2, -0.15) is 0 Å². The number of benzene rings is 2. The highest BCUT2D eigenvalue weighted by molar-refractivity contribution is 5.63. The van der Waals surface area contributed by atoms with Crippen molar-refractivity contribution >= 4 is 0 Å². The first-order chi connectivity index (χ1) is 14.2. The highest BCUT2D eigenvalue weighted by Gasteiger charge is 2.10. The quantitative estimate of drug-likeness (QED) is 0.374. The SMILES string of the molecule is C=C(C)O.C=CC.CC.CC(C)(C)C.CC(C)(C)Cc1ccc(-c2ccccc2)cc1. The molecule has 0 aromatic heterocycles. The summed E-state index contributed by atoms with van der Waals surface area (Å²) >= 11 is 0. The Balaban J connectivity index is -0.000000464. The number of rotatable bonds is 2. The fraction of sp³-hybridized carbons (Fsp3) is 0.467. The summed E-state index contributed by atoms with van der Waals surface area (Å²) in [6.45, 7) is 29.5. The van der Waals surface area contributed by atoms with E-state index in [1.54, 1.807) is 6.08 Å². The monoisotopic (exact) mass is 426 g/mol. The van der Waals surface area contributed by atoms with E-state index in [0.29, 0.717) is 10.8 Å². The second kappa shape index (κ2) is 18.5. The molecule has 0 fully saturated rings. The summed E-state index contributed by atoms with van der Waals surface area (Å²) in [7, 11) is 0. The molecule has 176 valence electrons. The molecule has 0 amide bonds. The second-order valence-electron chi connectivity index (χ2n) is 9.94. The molecule has 0 saturated heterocycles. The summed E-state index contributed by atoms with van der Waals surface area (Å²) in [5.41, 5.74) is 4.85. The van der Waals surface area contributed by atoms with Gasteiger partial charge in [-0.05, 0) is 47.8 Å². The van der Waals surface area contributed by atoms with Gasteiger partial charge in [0.25, 0.3) is 0 Å². The lowest BCUT2D eigenvalue weighted by molar-refractivity contribution is 0.411. The first kappa shape index (κ1) is 33.4. The normalized spacial score (nSPS) is 9.65. The summed E-state index contributed by atoms with van der Waals surface area (Å²) < 4.78 is 0. The summed E-state index contributed by atoms with van der Waals surface area (Å²) in [4.78, 5) is 0. The van der Waals surface area contributed by atoms with Gasteiger partial charge in [0.05, 0.1) is 5.76 Å². The van der Waals surface area contributed by atoms with Crippen LogP contribution in [0.1, 0.15) is 81.7 Å². The minimum absolute atomic E-state index is 0.167. The smallest absolute Gasteiger partial charge is 0.0820 e.